The molecule has 0 aromatic heterocycles. The molecule has 1 aliphatic rings. The number of unbranched alkanes of at least 4 members (excludes halogenated alkanes) is 14. The summed E-state index contributed by atoms with van der Waals surface area (Å²) in [4.78, 5) is 37.6. The first-order valence-corrected chi connectivity index (χ1v) is 21.1. The molecule has 0 heterocycles. The van der Waals surface area contributed by atoms with Gasteiger partial charge in [-0.25, -0.2) is 0 Å². The fourth-order valence-electron chi connectivity index (χ4n) is 6.83. The predicted molar refractivity (Wildman–Crippen MR) is 211 cm³/mol. The highest BCUT2D eigenvalue weighted by Crippen LogP contribution is 2.33. The zero-order valence-corrected chi connectivity index (χ0v) is 33.4. The molecule has 7 heteroatoms. The Morgan fingerprint density at radius 2 is 1.38 bits per heavy atom. The van der Waals surface area contributed by atoms with E-state index in [1.165, 1.54) is 121 Å². The van der Waals surface area contributed by atoms with Gasteiger partial charge < -0.3 is 25.1 Å². The van der Waals surface area contributed by atoms with E-state index < -0.39 is 0 Å². The maximum Gasteiger partial charge on any atom is 0.267 e. The largest absolute Gasteiger partial charge is 0.495 e. The first-order valence-electron chi connectivity index (χ1n) is 21.1. The minimum absolute atomic E-state index is 0.0347. The van der Waals surface area contributed by atoms with E-state index in [0.717, 1.165) is 70.7 Å². The van der Waals surface area contributed by atoms with Gasteiger partial charge >= 0.3 is 0 Å². The third-order valence-electron chi connectivity index (χ3n) is 10.6. The van der Waals surface area contributed by atoms with Gasteiger partial charge in [-0.1, -0.05) is 98.3 Å². The van der Waals surface area contributed by atoms with E-state index in [-0.39, 0.29) is 11.8 Å². The van der Waals surface area contributed by atoms with Crippen molar-refractivity contribution >= 4 is 18.5 Å². The van der Waals surface area contributed by atoms with Crippen LogP contribution in [0.15, 0.2) is 22.6 Å². The van der Waals surface area contributed by atoms with Crippen LogP contribution in [-0.2, 0) is 19.1 Å². The van der Waals surface area contributed by atoms with Crippen LogP contribution in [0.5, 0.6) is 0 Å². The summed E-state index contributed by atoms with van der Waals surface area (Å²) in [5.41, 5.74) is 2.57. The Bertz CT molecular complexity index is 940. The van der Waals surface area contributed by atoms with E-state index in [0.29, 0.717) is 30.3 Å². The van der Waals surface area contributed by atoms with Gasteiger partial charge in [0, 0.05) is 32.0 Å². The highest BCUT2D eigenvalue weighted by Gasteiger charge is 2.20. The molecule has 1 rings (SSSR count). The summed E-state index contributed by atoms with van der Waals surface area (Å²) in [6, 6.07) is 0. The number of ether oxygens (including phenoxy) is 1. The molecule has 290 valence electrons. The number of rotatable bonds is 35. The molecule has 0 bridgehead atoms. The molecule has 7 nitrogen and oxygen atoms in total. The van der Waals surface area contributed by atoms with Crippen molar-refractivity contribution in [2.24, 2.45) is 5.92 Å². The zero-order valence-electron chi connectivity index (χ0n) is 33.4. The second-order valence-corrected chi connectivity index (χ2v) is 14.8. The van der Waals surface area contributed by atoms with Gasteiger partial charge in [0.2, 0.25) is 0 Å². The summed E-state index contributed by atoms with van der Waals surface area (Å²) < 4.78 is 6.69. The number of hydrogen-bond acceptors (Lipinski definition) is 6. The van der Waals surface area contributed by atoms with Crippen molar-refractivity contribution in [2.45, 2.75) is 194 Å². The van der Waals surface area contributed by atoms with Gasteiger partial charge in [-0.3, -0.25) is 9.59 Å². The first kappa shape index (κ1) is 45.9. The number of amides is 1. The molecule has 50 heavy (non-hydrogen) atoms. The van der Waals surface area contributed by atoms with E-state index in [2.05, 4.69) is 29.4 Å². The Labute approximate surface area is 308 Å². The Balaban J connectivity index is 2.53. The van der Waals surface area contributed by atoms with Crippen LogP contribution in [0.3, 0.4) is 0 Å². The van der Waals surface area contributed by atoms with Gasteiger partial charge in [-0.15, -0.1) is 0 Å². The molecule has 2 unspecified atom stereocenters. The summed E-state index contributed by atoms with van der Waals surface area (Å²) in [5, 5.41) is 6.00. The number of nitrogens with zero attached hydrogens (tertiary/aromatic N) is 1. The lowest BCUT2D eigenvalue weighted by molar-refractivity contribution is -0.118. The Morgan fingerprint density at radius 3 is 1.94 bits per heavy atom. The van der Waals surface area contributed by atoms with Crippen molar-refractivity contribution in [3.63, 3.8) is 0 Å². The molecule has 1 saturated carbocycles. The fraction of sp³-hybridized carbons (Fsp3) is 0.837. The topological polar surface area (TPSA) is 87.7 Å². The fourth-order valence-corrected chi connectivity index (χ4v) is 6.83. The average Bonchev–Trinajstić information content (AvgIpc) is 3.10. The molecule has 1 amide bonds. The molecular formula is C43H79N3O4. The molecule has 0 radical (unpaired) electrons. The number of hydrogen-bond donors (Lipinski definition) is 2. The Kier molecular flexibility index (Phi) is 29.0. The van der Waals surface area contributed by atoms with Gasteiger partial charge in [-0.2, -0.15) is 0 Å². The minimum atomic E-state index is -0.222. The summed E-state index contributed by atoms with van der Waals surface area (Å²) in [5.74, 6) is 1.16. The summed E-state index contributed by atoms with van der Waals surface area (Å²) >= 11 is 0. The van der Waals surface area contributed by atoms with Crippen LogP contribution in [0, 0.1) is 5.92 Å². The maximum atomic E-state index is 12.6. The minimum Gasteiger partial charge on any atom is -0.495 e. The lowest BCUT2D eigenvalue weighted by Crippen LogP contribution is -2.34. The normalized spacial score (nSPS) is 14.5. The van der Waals surface area contributed by atoms with Crippen LogP contribution < -0.4 is 10.6 Å². The number of aldehydes is 2. The second-order valence-electron chi connectivity index (χ2n) is 14.8. The molecular weight excluding hydrogens is 622 g/mol. The Morgan fingerprint density at radius 1 is 0.780 bits per heavy atom. The molecule has 1 aliphatic carbocycles. The highest BCUT2D eigenvalue weighted by atomic mass is 16.5. The molecule has 2 N–H and O–H groups in total. The first-order chi connectivity index (χ1) is 24.4. The van der Waals surface area contributed by atoms with Crippen LogP contribution in [0.2, 0.25) is 0 Å². The molecule has 0 saturated heterocycles. The molecule has 0 aliphatic heterocycles. The number of nitrogens with one attached hydrogen (secondary N) is 2. The number of allylic oxidation sites excluding steroid dienone is 3. The van der Waals surface area contributed by atoms with Crippen LogP contribution in [-0.4, -0.2) is 62.7 Å². The van der Waals surface area contributed by atoms with Crippen molar-refractivity contribution in [1.82, 2.24) is 15.5 Å². The van der Waals surface area contributed by atoms with Gasteiger partial charge in [0.05, 0.1) is 11.9 Å². The second kappa shape index (κ2) is 31.6. The van der Waals surface area contributed by atoms with E-state index in [1.54, 1.807) is 12.6 Å². The highest BCUT2D eigenvalue weighted by molar-refractivity contribution is 5.98. The van der Waals surface area contributed by atoms with Crippen molar-refractivity contribution in [2.75, 3.05) is 33.2 Å². The van der Waals surface area contributed by atoms with Crippen molar-refractivity contribution in [1.29, 1.82) is 0 Å². The smallest absolute Gasteiger partial charge is 0.267 e. The van der Waals surface area contributed by atoms with Gasteiger partial charge in [0.25, 0.3) is 5.91 Å². The van der Waals surface area contributed by atoms with E-state index in [9.17, 15) is 14.4 Å². The monoisotopic (exact) mass is 702 g/mol. The van der Waals surface area contributed by atoms with E-state index in [4.69, 9.17) is 4.74 Å². The van der Waals surface area contributed by atoms with Crippen LogP contribution in [0.1, 0.15) is 188 Å². The van der Waals surface area contributed by atoms with Crippen LogP contribution >= 0.6 is 0 Å². The van der Waals surface area contributed by atoms with Crippen LogP contribution in [0.4, 0.5) is 0 Å². The van der Waals surface area contributed by atoms with Crippen molar-refractivity contribution < 1.29 is 19.1 Å². The number of likely N-dealkylation sites (N-methyl/N-ethyl adjacent to an activating group) is 1. The third kappa shape index (κ3) is 21.3. The van der Waals surface area contributed by atoms with Gasteiger partial charge in [-0.05, 0) is 108 Å². The lowest BCUT2D eigenvalue weighted by Gasteiger charge is -2.27. The summed E-state index contributed by atoms with van der Waals surface area (Å²) in [7, 11) is 1.61. The SMILES string of the molecule is CCCCCCCCC(CC)OC(CCCCCCCN(CCCCCCCC=O)CCCN/C(C(=O)NC)=C(/C=O)C(C)CC)=C1CCC1. The average molecular weight is 702 g/mol. The number of carbonyl (C=O) groups excluding carboxylic acids is 3. The standard InChI is InChI=1S/C43H79N3O4/c1-6-9-10-11-15-20-29-39(8-3)50-41(38-27-25-28-38)30-21-16-14-18-23-33-46(32-22-17-12-13-19-24-35-47)34-26-31-45-42(43(49)44-5)40(36-48)37(4)7-2/h35-37,39,45H,6-34H2,1-5H3,(H,44,49)/b42-40-. The molecule has 0 aromatic rings. The van der Waals surface area contributed by atoms with E-state index in [1.807, 2.05) is 13.8 Å². The molecule has 0 aromatic carbocycles. The van der Waals surface area contributed by atoms with Gasteiger partial charge in [0.15, 0.2) is 0 Å². The van der Waals surface area contributed by atoms with Crippen LogP contribution in [0.25, 0.3) is 0 Å². The zero-order chi connectivity index (χ0) is 36.7. The molecule has 2 atom stereocenters. The number of carbonyl (C=O) groups is 3. The third-order valence-corrected chi connectivity index (χ3v) is 10.6. The lowest BCUT2D eigenvalue weighted by atomic mass is 9.89. The van der Waals surface area contributed by atoms with Crippen molar-refractivity contribution in [3.05, 3.63) is 22.6 Å². The quantitative estimate of drug-likeness (QED) is 0.0296. The predicted octanol–water partition coefficient (Wildman–Crippen LogP) is 10.4. The molecule has 1 fully saturated rings. The maximum absolute atomic E-state index is 12.6. The van der Waals surface area contributed by atoms with E-state index >= 15 is 0 Å². The summed E-state index contributed by atoms with van der Waals surface area (Å²) in [6.45, 7) is 12.4. The van der Waals surface area contributed by atoms with Gasteiger partial charge in [0.1, 0.15) is 18.3 Å². The Hall–Kier alpha value is -2.15. The molecule has 0 spiro atoms. The summed E-state index contributed by atoms with van der Waals surface area (Å²) in [6.07, 6.45) is 31.9. The van der Waals surface area contributed by atoms with Crippen molar-refractivity contribution in [3.8, 4) is 0 Å².